The van der Waals surface area contributed by atoms with E-state index >= 15 is 0 Å². The van der Waals surface area contributed by atoms with Crippen molar-refractivity contribution in [2.45, 2.75) is 38.1 Å². The first-order chi connectivity index (χ1) is 15.8. The van der Waals surface area contributed by atoms with Crippen LogP contribution >= 0.6 is 0 Å². The van der Waals surface area contributed by atoms with E-state index in [0.717, 1.165) is 24.2 Å². The van der Waals surface area contributed by atoms with Gasteiger partial charge in [0.25, 0.3) is 11.8 Å². The zero-order valence-corrected chi connectivity index (χ0v) is 18.2. The van der Waals surface area contributed by atoms with E-state index in [-0.39, 0.29) is 23.1 Å². The number of carbonyl (C=O) groups excluding carboxylic acids is 4. The molecule has 1 heterocycles. The highest BCUT2D eigenvalue weighted by atomic mass is 19.1. The Morgan fingerprint density at radius 3 is 2.55 bits per heavy atom. The molecule has 5 amide bonds. The Kier molecular flexibility index (Phi) is 6.13. The van der Waals surface area contributed by atoms with Gasteiger partial charge in [0.2, 0.25) is 5.91 Å². The lowest BCUT2D eigenvalue weighted by Gasteiger charge is -2.36. The van der Waals surface area contributed by atoms with Crippen LogP contribution in [0, 0.1) is 11.7 Å². The van der Waals surface area contributed by atoms with Crippen LogP contribution in [0.3, 0.4) is 0 Å². The number of nitrogens with zero attached hydrogens (tertiary/aromatic N) is 1. The van der Waals surface area contributed by atoms with Gasteiger partial charge in [0, 0.05) is 5.69 Å². The van der Waals surface area contributed by atoms with Crippen LogP contribution in [0.15, 0.2) is 48.5 Å². The van der Waals surface area contributed by atoms with Gasteiger partial charge in [-0.25, -0.2) is 9.18 Å². The third kappa shape index (κ3) is 4.44. The minimum atomic E-state index is -0.942. The number of benzene rings is 2. The zero-order valence-electron chi connectivity index (χ0n) is 18.2. The van der Waals surface area contributed by atoms with Gasteiger partial charge in [0.15, 0.2) is 0 Å². The summed E-state index contributed by atoms with van der Waals surface area (Å²) in [4.78, 5) is 52.0. The number of hydrogen-bond donors (Lipinski definition) is 3. The molecule has 2 aromatic carbocycles. The van der Waals surface area contributed by atoms with Crippen molar-refractivity contribution in [3.63, 3.8) is 0 Å². The van der Waals surface area contributed by atoms with Crippen molar-refractivity contribution in [3.05, 3.63) is 59.9 Å². The van der Waals surface area contributed by atoms with Crippen LogP contribution in [0.25, 0.3) is 0 Å². The second-order valence-corrected chi connectivity index (χ2v) is 8.49. The lowest BCUT2D eigenvalue weighted by molar-refractivity contribution is -0.136. The van der Waals surface area contributed by atoms with Crippen molar-refractivity contribution in [2.24, 2.45) is 5.92 Å². The van der Waals surface area contributed by atoms with Crippen LogP contribution in [-0.4, -0.2) is 40.7 Å². The Balaban J connectivity index is 1.45. The lowest BCUT2D eigenvalue weighted by atomic mass is 9.73. The fourth-order valence-electron chi connectivity index (χ4n) is 4.49. The molecule has 2 aromatic rings. The first-order valence-electron chi connectivity index (χ1n) is 10.9. The minimum absolute atomic E-state index is 0.00774. The van der Waals surface area contributed by atoms with E-state index in [2.05, 4.69) is 16.0 Å². The molecule has 8 nitrogen and oxygen atoms in total. The summed E-state index contributed by atoms with van der Waals surface area (Å²) in [6.45, 7) is 1.49. The molecule has 2 unspecified atom stereocenters. The molecular weight excluding hydrogens is 427 g/mol. The van der Waals surface area contributed by atoms with Gasteiger partial charge in [-0.2, -0.15) is 0 Å². The van der Waals surface area contributed by atoms with Crippen molar-refractivity contribution in [2.75, 3.05) is 17.2 Å². The second kappa shape index (κ2) is 9.01. The molecular formula is C24H25FN4O4. The summed E-state index contributed by atoms with van der Waals surface area (Å²) < 4.78 is 13.1. The number of halogens is 1. The van der Waals surface area contributed by atoms with E-state index in [1.54, 1.807) is 18.2 Å². The minimum Gasteiger partial charge on any atom is -0.324 e. The molecule has 2 atom stereocenters. The monoisotopic (exact) mass is 452 g/mol. The van der Waals surface area contributed by atoms with Gasteiger partial charge in [-0.05, 0) is 55.2 Å². The SMILES string of the molecule is CC1CCCCC12NC(=O)N(CC(=O)Nc1ccccc1C(=O)Nc1ccc(F)cc1)C2=O. The number of para-hydroxylation sites is 1. The molecule has 2 aliphatic rings. The molecule has 9 heteroatoms. The summed E-state index contributed by atoms with van der Waals surface area (Å²) in [6, 6.07) is 11.1. The van der Waals surface area contributed by atoms with Gasteiger partial charge in [-0.3, -0.25) is 19.3 Å². The van der Waals surface area contributed by atoms with Crippen molar-refractivity contribution in [1.82, 2.24) is 10.2 Å². The van der Waals surface area contributed by atoms with Crippen molar-refractivity contribution in [1.29, 1.82) is 0 Å². The summed E-state index contributed by atoms with van der Waals surface area (Å²) in [5.41, 5.74) is -0.129. The Labute approximate surface area is 190 Å². The average Bonchev–Trinajstić information content (AvgIpc) is 3.02. The summed E-state index contributed by atoms with van der Waals surface area (Å²) in [6.07, 6.45) is 3.24. The number of imide groups is 1. The number of urea groups is 1. The summed E-state index contributed by atoms with van der Waals surface area (Å²) in [5.74, 6) is -1.90. The van der Waals surface area contributed by atoms with Gasteiger partial charge >= 0.3 is 6.03 Å². The van der Waals surface area contributed by atoms with E-state index in [1.807, 2.05) is 6.92 Å². The third-order valence-electron chi connectivity index (χ3n) is 6.35. The molecule has 1 aliphatic carbocycles. The smallest absolute Gasteiger partial charge is 0.324 e. The van der Waals surface area contributed by atoms with Crippen LogP contribution < -0.4 is 16.0 Å². The summed E-state index contributed by atoms with van der Waals surface area (Å²) in [7, 11) is 0. The van der Waals surface area contributed by atoms with E-state index in [4.69, 9.17) is 0 Å². The van der Waals surface area contributed by atoms with Crippen molar-refractivity contribution < 1.29 is 23.6 Å². The molecule has 0 bridgehead atoms. The van der Waals surface area contributed by atoms with Gasteiger partial charge < -0.3 is 16.0 Å². The van der Waals surface area contributed by atoms with Crippen LogP contribution in [0.5, 0.6) is 0 Å². The maximum Gasteiger partial charge on any atom is 0.325 e. The third-order valence-corrected chi connectivity index (χ3v) is 6.35. The average molecular weight is 452 g/mol. The zero-order chi connectivity index (χ0) is 23.6. The standard InChI is InChI=1S/C24H25FN4O4/c1-15-6-4-5-13-24(15)22(32)29(23(33)28-24)14-20(30)27-19-8-3-2-7-18(19)21(31)26-17-11-9-16(25)10-12-17/h2-3,7-12,15H,4-6,13-14H2,1H3,(H,26,31)(H,27,30)(H,28,33). The molecule has 1 saturated heterocycles. The van der Waals surface area contributed by atoms with E-state index in [0.29, 0.717) is 12.1 Å². The number of hydrogen-bond acceptors (Lipinski definition) is 4. The number of rotatable bonds is 5. The van der Waals surface area contributed by atoms with E-state index < -0.39 is 35.7 Å². The van der Waals surface area contributed by atoms with Gasteiger partial charge in [-0.1, -0.05) is 31.9 Å². The van der Waals surface area contributed by atoms with Gasteiger partial charge in [0.1, 0.15) is 17.9 Å². The highest BCUT2D eigenvalue weighted by Gasteiger charge is 2.55. The van der Waals surface area contributed by atoms with Gasteiger partial charge in [0.05, 0.1) is 11.3 Å². The lowest BCUT2D eigenvalue weighted by Crippen LogP contribution is -2.54. The van der Waals surface area contributed by atoms with Crippen LogP contribution in [0.2, 0.25) is 0 Å². The van der Waals surface area contributed by atoms with Crippen LogP contribution in [-0.2, 0) is 9.59 Å². The molecule has 0 aromatic heterocycles. The van der Waals surface area contributed by atoms with Crippen molar-refractivity contribution >= 4 is 35.1 Å². The second-order valence-electron chi connectivity index (χ2n) is 8.49. The Morgan fingerprint density at radius 2 is 1.82 bits per heavy atom. The fourth-order valence-corrected chi connectivity index (χ4v) is 4.49. The van der Waals surface area contributed by atoms with E-state index in [1.165, 1.54) is 30.3 Å². The molecule has 4 rings (SSSR count). The Morgan fingerprint density at radius 1 is 1.09 bits per heavy atom. The maximum absolute atomic E-state index is 13.1. The largest absolute Gasteiger partial charge is 0.325 e. The van der Waals surface area contributed by atoms with E-state index in [9.17, 15) is 23.6 Å². The molecule has 3 N–H and O–H groups in total. The fraction of sp³-hybridized carbons (Fsp3) is 0.333. The molecule has 2 fully saturated rings. The molecule has 172 valence electrons. The Bertz CT molecular complexity index is 1100. The normalized spacial score (nSPS) is 22.2. The summed E-state index contributed by atoms with van der Waals surface area (Å²) >= 11 is 0. The van der Waals surface area contributed by atoms with Crippen molar-refractivity contribution in [3.8, 4) is 0 Å². The highest BCUT2D eigenvalue weighted by molar-refractivity contribution is 6.12. The number of amides is 5. The Hall–Kier alpha value is -3.75. The molecule has 0 radical (unpaired) electrons. The maximum atomic E-state index is 13.1. The number of anilines is 2. The van der Waals surface area contributed by atoms with Gasteiger partial charge in [-0.15, -0.1) is 0 Å². The predicted molar refractivity (Wildman–Crippen MR) is 120 cm³/mol. The topological polar surface area (TPSA) is 108 Å². The summed E-state index contributed by atoms with van der Waals surface area (Å²) in [5, 5.41) is 8.08. The quantitative estimate of drug-likeness (QED) is 0.604. The molecule has 1 aliphatic heterocycles. The van der Waals surface area contributed by atoms with Crippen LogP contribution in [0.1, 0.15) is 43.0 Å². The first-order valence-corrected chi connectivity index (χ1v) is 10.9. The predicted octanol–water partition coefficient (Wildman–Crippen LogP) is 3.52. The highest BCUT2D eigenvalue weighted by Crippen LogP contribution is 2.38. The molecule has 33 heavy (non-hydrogen) atoms. The number of carbonyl (C=O) groups is 4. The molecule has 1 spiro atoms. The first kappa shape index (κ1) is 22.4. The number of nitrogens with one attached hydrogen (secondary N) is 3. The van der Waals surface area contributed by atoms with Crippen LogP contribution in [0.4, 0.5) is 20.6 Å². The molecule has 1 saturated carbocycles.